The molecule has 0 saturated heterocycles. The van der Waals surface area contributed by atoms with Crippen LogP contribution < -0.4 is 5.32 Å². The Labute approximate surface area is 179 Å². The van der Waals surface area contributed by atoms with Gasteiger partial charge in [-0.3, -0.25) is 14.9 Å². The topological polar surface area (TPSA) is 103 Å². The highest BCUT2D eigenvalue weighted by molar-refractivity contribution is 7.20. The SMILES string of the molecule is Cc1cc(NC(=O)/C=C/c2ccc([N+](=O)[O-])cc2)n(-c2nc3c(Cl)cccc3s2)n1. The molecule has 0 radical (unpaired) electrons. The van der Waals surface area contributed by atoms with Crippen molar-refractivity contribution in [3.8, 4) is 5.13 Å². The van der Waals surface area contributed by atoms with E-state index in [2.05, 4.69) is 15.4 Å². The second-order valence-electron chi connectivity index (χ2n) is 6.34. The van der Waals surface area contributed by atoms with Gasteiger partial charge in [0.25, 0.3) is 5.69 Å². The molecule has 0 aliphatic heterocycles. The van der Waals surface area contributed by atoms with Crippen molar-refractivity contribution < 1.29 is 9.72 Å². The highest BCUT2D eigenvalue weighted by Crippen LogP contribution is 2.31. The van der Waals surface area contributed by atoms with Crippen molar-refractivity contribution in [2.24, 2.45) is 0 Å². The lowest BCUT2D eigenvalue weighted by molar-refractivity contribution is -0.384. The van der Waals surface area contributed by atoms with Crippen LogP contribution in [0.2, 0.25) is 5.02 Å². The van der Waals surface area contributed by atoms with Gasteiger partial charge in [-0.25, -0.2) is 4.98 Å². The number of fused-ring (bicyclic) bond motifs is 1. The lowest BCUT2D eigenvalue weighted by Gasteiger charge is -2.04. The number of nitrogens with one attached hydrogen (secondary N) is 1. The number of amides is 1. The van der Waals surface area contributed by atoms with Crippen molar-refractivity contribution in [2.45, 2.75) is 6.92 Å². The van der Waals surface area contributed by atoms with Gasteiger partial charge < -0.3 is 5.32 Å². The summed E-state index contributed by atoms with van der Waals surface area (Å²) < 4.78 is 2.48. The summed E-state index contributed by atoms with van der Waals surface area (Å²) in [5.41, 5.74) is 2.06. The molecule has 8 nitrogen and oxygen atoms in total. The van der Waals surface area contributed by atoms with Gasteiger partial charge in [-0.05, 0) is 42.8 Å². The zero-order valence-electron chi connectivity index (χ0n) is 15.6. The Morgan fingerprint density at radius 1 is 1.27 bits per heavy atom. The zero-order chi connectivity index (χ0) is 21.3. The van der Waals surface area contributed by atoms with Crippen LogP contribution in [0.5, 0.6) is 0 Å². The van der Waals surface area contributed by atoms with Crippen LogP contribution in [0.25, 0.3) is 21.4 Å². The van der Waals surface area contributed by atoms with Gasteiger partial charge in [0.1, 0.15) is 11.3 Å². The molecule has 0 saturated carbocycles. The third kappa shape index (κ3) is 4.07. The smallest absolute Gasteiger partial charge is 0.269 e. The predicted octanol–water partition coefficient (Wildman–Crippen LogP) is 5.00. The van der Waals surface area contributed by atoms with Crippen LogP contribution in [0.3, 0.4) is 0 Å². The van der Waals surface area contributed by atoms with Gasteiger partial charge in [-0.1, -0.05) is 29.0 Å². The minimum atomic E-state index is -0.473. The van der Waals surface area contributed by atoms with Crippen molar-refractivity contribution in [3.05, 3.63) is 81.0 Å². The first-order chi connectivity index (χ1) is 14.4. The molecule has 0 spiro atoms. The van der Waals surface area contributed by atoms with E-state index in [9.17, 15) is 14.9 Å². The molecule has 0 fully saturated rings. The standard InChI is InChI=1S/C20H14ClN5O3S/c1-12-11-17(22-18(27)10-7-13-5-8-14(9-6-13)26(28)29)25(24-12)20-23-19-15(21)3-2-4-16(19)30-20/h2-11H,1H3,(H,22,27)/b10-7+. The number of nitro benzene ring substituents is 1. The van der Waals surface area contributed by atoms with Crippen molar-refractivity contribution in [3.63, 3.8) is 0 Å². The summed E-state index contributed by atoms with van der Waals surface area (Å²) in [7, 11) is 0. The first-order valence-electron chi connectivity index (χ1n) is 8.76. The fourth-order valence-electron chi connectivity index (χ4n) is 2.78. The molecule has 0 atom stereocenters. The molecule has 1 N–H and O–H groups in total. The summed E-state index contributed by atoms with van der Waals surface area (Å²) >= 11 is 7.63. The fraction of sp³-hybridized carbons (Fsp3) is 0.0500. The van der Waals surface area contributed by atoms with Gasteiger partial charge in [-0.15, -0.1) is 0 Å². The number of thiazole rings is 1. The molecule has 2 aromatic heterocycles. The number of halogens is 1. The van der Waals surface area contributed by atoms with Gasteiger partial charge in [0.2, 0.25) is 11.0 Å². The van der Waals surface area contributed by atoms with E-state index in [0.29, 0.717) is 27.1 Å². The molecule has 0 bridgehead atoms. The Bertz CT molecular complexity index is 1290. The van der Waals surface area contributed by atoms with Crippen LogP contribution in [-0.2, 0) is 4.79 Å². The maximum absolute atomic E-state index is 12.4. The number of non-ortho nitro benzene ring substituents is 1. The number of aryl methyl sites for hydroxylation is 1. The van der Waals surface area contributed by atoms with Crippen LogP contribution in [-0.4, -0.2) is 25.6 Å². The van der Waals surface area contributed by atoms with Crippen LogP contribution in [0.1, 0.15) is 11.3 Å². The number of anilines is 1. The number of rotatable bonds is 5. The lowest BCUT2D eigenvalue weighted by atomic mass is 10.2. The highest BCUT2D eigenvalue weighted by atomic mass is 35.5. The summed E-state index contributed by atoms with van der Waals surface area (Å²) in [5, 5.41) is 19.1. The van der Waals surface area contributed by atoms with E-state index in [1.54, 1.807) is 35.0 Å². The van der Waals surface area contributed by atoms with Crippen molar-refractivity contribution in [1.29, 1.82) is 0 Å². The largest absolute Gasteiger partial charge is 0.307 e. The van der Waals surface area contributed by atoms with E-state index < -0.39 is 4.92 Å². The molecular formula is C20H14ClN5O3S. The van der Waals surface area contributed by atoms with Crippen molar-refractivity contribution in [1.82, 2.24) is 14.8 Å². The van der Waals surface area contributed by atoms with Crippen LogP contribution in [0, 0.1) is 17.0 Å². The quantitative estimate of drug-likeness (QED) is 0.267. The fourth-order valence-corrected chi connectivity index (χ4v) is 4.01. The number of carbonyl (C=O) groups excluding carboxylic acids is 1. The number of benzene rings is 2. The second-order valence-corrected chi connectivity index (χ2v) is 7.75. The molecule has 4 rings (SSSR count). The van der Waals surface area contributed by atoms with Crippen LogP contribution >= 0.6 is 22.9 Å². The Morgan fingerprint density at radius 3 is 2.73 bits per heavy atom. The number of aromatic nitrogens is 3. The molecule has 2 aromatic carbocycles. The average molecular weight is 440 g/mol. The number of para-hydroxylation sites is 1. The second kappa shape index (κ2) is 8.05. The third-order valence-electron chi connectivity index (χ3n) is 4.15. The van der Waals surface area contributed by atoms with Crippen molar-refractivity contribution in [2.75, 3.05) is 5.32 Å². The van der Waals surface area contributed by atoms with Crippen LogP contribution in [0.15, 0.2) is 54.6 Å². The van der Waals surface area contributed by atoms with Crippen molar-refractivity contribution >= 4 is 56.6 Å². The van der Waals surface area contributed by atoms with E-state index in [1.807, 2.05) is 19.1 Å². The molecule has 150 valence electrons. The lowest BCUT2D eigenvalue weighted by Crippen LogP contribution is -2.12. The maximum atomic E-state index is 12.4. The maximum Gasteiger partial charge on any atom is 0.269 e. The Kier molecular flexibility index (Phi) is 5.30. The normalized spacial score (nSPS) is 11.3. The number of hydrogen-bond acceptors (Lipinski definition) is 6. The van der Waals surface area contributed by atoms with E-state index in [0.717, 1.165) is 10.4 Å². The third-order valence-corrected chi connectivity index (χ3v) is 5.45. The molecule has 10 heteroatoms. The van der Waals surface area contributed by atoms with Gasteiger partial charge >= 0.3 is 0 Å². The number of carbonyl (C=O) groups is 1. The Balaban J connectivity index is 1.55. The van der Waals surface area contributed by atoms with E-state index in [-0.39, 0.29) is 11.6 Å². The summed E-state index contributed by atoms with van der Waals surface area (Å²) in [6.45, 7) is 1.82. The average Bonchev–Trinajstić information content (AvgIpc) is 3.30. The molecule has 0 aliphatic carbocycles. The monoisotopic (exact) mass is 439 g/mol. The van der Waals surface area contributed by atoms with E-state index in [1.165, 1.54) is 29.5 Å². The number of hydrogen-bond donors (Lipinski definition) is 1. The minimum absolute atomic E-state index is 0.00748. The first-order valence-corrected chi connectivity index (χ1v) is 9.96. The zero-order valence-corrected chi connectivity index (χ0v) is 17.1. The molecule has 1 amide bonds. The molecule has 0 aliphatic rings. The van der Waals surface area contributed by atoms with Gasteiger partial charge in [0.05, 0.1) is 20.3 Å². The highest BCUT2D eigenvalue weighted by Gasteiger charge is 2.15. The van der Waals surface area contributed by atoms with E-state index in [4.69, 9.17) is 11.6 Å². The van der Waals surface area contributed by atoms with Gasteiger partial charge in [-0.2, -0.15) is 9.78 Å². The molecular weight excluding hydrogens is 426 g/mol. The van der Waals surface area contributed by atoms with Gasteiger partial charge in [0, 0.05) is 24.3 Å². The molecule has 2 heterocycles. The molecule has 0 unspecified atom stereocenters. The predicted molar refractivity (Wildman–Crippen MR) is 117 cm³/mol. The Hall–Kier alpha value is -3.56. The van der Waals surface area contributed by atoms with Crippen LogP contribution in [0.4, 0.5) is 11.5 Å². The number of nitro groups is 1. The first kappa shape index (κ1) is 19.7. The summed E-state index contributed by atoms with van der Waals surface area (Å²) in [6.07, 6.45) is 2.92. The van der Waals surface area contributed by atoms with Gasteiger partial charge in [0.15, 0.2) is 0 Å². The van der Waals surface area contributed by atoms with E-state index >= 15 is 0 Å². The molecule has 30 heavy (non-hydrogen) atoms. The summed E-state index contributed by atoms with van der Waals surface area (Å²) in [4.78, 5) is 27.2. The summed E-state index contributed by atoms with van der Waals surface area (Å²) in [6, 6.07) is 13.2. The number of nitrogens with zero attached hydrogens (tertiary/aromatic N) is 4. The molecule has 4 aromatic rings. The Morgan fingerprint density at radius 2 is 2.03 bits per heavy atom. The minimum Gasteiger partial charge on any atom is -0.307 e. The summed E-state index contributed by atoms with van der Waals surface area (Å²) in [5.74, 6) is 0.106.